The van der Waals surface area contributed by atoms with Gasteiger partial charge in [-0.05, 0) is 25.1 Å². The Balaban J connectivity index is 3.31. The van der Waals surface area contributed by atoms with E-state index in [1.54, 1.807) is 0 Å². The Bertz CT molecular complexity index is 173. The maximum Gasteiger partial charge on any atom is 0.185 e. The van der Waals surface area contributed by atoms with Crippen molar-refractivity contribution in [2.75, 3.05) is 6.54 Å². The Labute approximate surface area is 76.6 Å². The van der Waals surface area contributed by atoms with E-state index in [4.69, 9.17) is 22.0 Å². The number of aliphatic hydroxyl groups excluding tert-OH is 1. The highest BCUT2D eigenvalue weighted by atomic mass is 32.1. The lowest BCUT2D eigenvalue weighted by Crippen LogP contribution is -2.33. The lowest BCUT2D eigenvalue weighted by molar-refractivity contribution is 0.514. The Morgan fingerprint density at radius 3 is 2.67 bits per heavy atom. The third-order valence-corrected chi connectivity index (χ3v) is 1.63. The summed E-state index contributed by atoms with van der Waals surface area (Å²) in [5.41, 5.74) is 10.5. The van der Waals surface area contributed by atoms with E-state index >= 15 is 0 Å². The molecule has 0 aliphatic heterocycles. The lowest BCUT2D eigenvalue weighted by Gasteiger charge is -2.08. The minimum Gasteiger partial charge on any atom is -0.501 e. The van der Waals surface area contributed by atoms with Gasteiger partial charge in [0.2, 0.25) is 0 Å². The number of thiocarbonyl (C=S) groups is 1. The molecule has 0 aromatic heterocycles. The molecule has 0 unspecified atom stereocenters. The third-order valence-electron chi connectivity index (χ3n) is 1.32. The fourth-order valence-corrected chi connectivity index (χ4v) is 0.786. The van der Waals surface area contributed by atoms with E-state index in [9.17, 15) is 0 Å². The van der Waals surface area contributed by atoms with Gasteiger partial charge in [0.05, 0.1) is 6.04 Å². The predicted octanol–water partition coefficient (Wildman–Crippen LogP) is -0.538. The van der Waals surface area contributed by atoms with Gasteiger partial charge in [0.1, 0.15) is 0 Å². The summed E-state index contributed by atoms with van der Waals surface area (Å²) in [6.45, 7) is 0.575. The number of aliphatic hydroxyl groups is 1. The molecule has 0 saturated heterocycles. The van der Waals surface area contributed by atoms with Crippen LogP contribution in [0.1, 0.15) is 12.8 Å². The smallest absolute Gasteiger partial charge is 0.185 e. The molecular formula is C6H14N4OS. The van der Waals surface area contributed by atoms with E-state index in [2.05, 4.69) is 17.5 Å². The van der Waals surface area contributed by atoms with Crippen molar-refractivity contribution in [1.29, 1.82) is 5.41 Å². The molecule has 0 heterocycles. The molecule has 0 bridgehead atoms. The van der Waals surface area contributed by atoms with Crippen LogP contribution in [0, 0.1) is 5.41 Å². The molecule has 7 N–H and O–H groups in total. The minimum atomic E-state index is -0.450. The molecule has 0 spiro atoms. The van der Waals surface area contributed by atoms with Crippen LogP contribution < -0.4 is 16.8 Å². The van der Waals surface area contributed by atoms with Gasteiger partial charge in [0, 0.05) is 6.54 Å². The van der Waals surface area contributed by atoms with E-state index < -0.39 is 6.04 Å². The first kappa shape index (κ1) is 11.1. The SMILES string of the molecule is N=C(N)NCCC[C@H](N)C(O)=S. The Hall–Kier alpha value is -0.880. The zero-order valence-electron chi connectivity index (χ0n) is 6.71. The zero-order valence-corrected chi connectivity index (χ0v) is 7.53. The summed E-state index contributed by atoms with van der Waals surface area (Å²) in [7, 11) is 0. The standard InChI is InChI=1S/C6H14N4OS/c7-4(5(11)12)2-1-3-10-6(8)9/h4H,1-3,7H2,(H,11,12)(H4,8,9,10)/t4-/m0/s1. The fraction of sp³-hybridized carbons (Fsp3) is 0.667. The first-order valence-electron chi connectivity index (χ1n) is 3.60. The first-order valence-corrected chi connectivity index (χ1v) is 4.01. The van der Waals surface area contributed by atoms with Gasteiger partial charge in [-0.15, -0.1) is 0 Å². The van der Waals surface area contributed by atoms with Gasteiger partial charge in [-0.3, -0.25) is 5.41 Å². The molecule has 12 heavy (non-hydrogen) atoms. The fourth-order valence-electron chi connectivity index (χ4n) is 0.669. The summed E-state index contributed by atoms with van der Waals surface area (Å²) in [6, 6.07) is -0.450. The molecule has 6 heteroatoms. The molecule has 0 aromatic rings. The van der Waals surface area contributed by atoms with E-state index in [0.717, 1.165) is 6.42 Å². The second-order valence-electron chi connectivity index (χ2n) is 2.43. The normalized spacial score (nSPS) is 12.1. The molecule has 0 rings (SSSR count). The summed E-state index contributed by atoms with van der Waals surface area (Å²) >= 11 is 4.46. The monoisotopic (exact) mass is 190 g/mol. The van der Waals surface area contributed by atoms with Gasteiger partial charge < -0.3 is 21.9 Å². The minimum absolute atomic E-state index is 0.0600. The Morgan fingerprint density at radius 2 is 2.25 bits per heavy atom. The summed E-state index contributed by atoms with van der Waals surface area (Å²) in [6.07, 6.45) is 1.32. The topological polar surface area (TPSA) is 108 Å². The highest BCUT2D eigenvalue weighted by Crippen LogP contribution is 1.94. The van der Waals surface area contributed by atoms with Gasteiger partial charge >= 0.3 is 0 Å². The largest absolute Gasteiger partial charge is 0.501 e. The lowest BCUT2D eigenvalue weighted by atomic mass is 10.2. The van der Waals surface area contributed by atoms with Gasteiger partial charge in [-0.2, -0.15) is 0 Å². The van der Waals surface area contributed by atoms with Crippen molar-refractivity contribution < 1.29 is 5.11 Å². The zero-order chi connectivity index (χ0) is 9.56. The molecule has 70 valence electrons. The van der Waals surface area contributed by atoms with Crippen molar-refractivity contribution in [1.82, 2.24) is 5.32 Å². The highest BCUT2D eigenvalue weighted by molar-refractivity contribution is 7.80. The third kappa shape index (κ3) is 5.87. The van der Waals surface area contributed by atoms with E-state index in [-0.39, 0.29) is 11.0 Å². The van der Waals surface area contributed by atoms with Gasteiger partial charge in [-0.25, -0.2) is 0 Å². The van der Waals surface area contributed by atoms with Crippen LogP contribution in [0.25, 0.3) is 0 Å². The van der Waals surface area contributed by atoms with Crippen molar-refractivity contribution in [2.24, 2.45) is 11.5 Å². The second kappa shape index (κ2) is 5.73. The number of rotatable bonds is 5. The molecule has 0 aliphatic rings. The summed E-state index contributed by atoms with van der Waals surface area (Å²) in [4.78, 5) is 0. The van der Waals surface area contributed by atoms with Crippen LogP contribution in [0.15, 0.2) is 0 Å². The molecule has 0 aromatic carbocycles. The highest BCUT2D eigenvalue weighted by Gasteiger charge is 2.05. The van der Waals surface area contributed by atoms with Gasteiger partial charge in [-0.1, -0.05) is 0 Å². The van der Waals surface area contributed by atoms with Crippen LogP contribution in [-0.2, 0) is 0 Å². The van der Waals surface area contributed by atoms with Crippen LogP contribution in [0.4, 0.5) is 0 Å². The predicted molar refractivity (Wildman–Crippen MR) is 52.4 cm³/mol. The van der Waals surface area contributed by atoms with Crippen LogP contribution in [0.5, 0.6) is 0 Å². The quantitative estimate of drug-likeness (QED) is 0.173. The average Bonchev–Trinajstić information content (AvgIpc) is 1.97. The maximum atomic E-state index is 8.75. The van der Waals surface area contributed by atoms with Crippen LogP contribution in [0.2, 0.25) is 0 Å². The van der Waals surface area contributed by atoms with Crippen molar-refractivity contribution in [3.63, 3.8) is 0 Å². The van der Waals surface area contributed by atoms with Crippen molar-refractivity contribution in [3.05, 3.63) is 0 Å². The molecule has 0 radical (unpaired) electrons. The summed E-state index contributed by atoms with van der Waals surface area (Å²) in [5, 5.41) is 18.0. The average molecular weight is 190 g/mol. The Kier molecular flexibility index (Phi) is 5.31. The molecule has 0 saturated carbocycles. The van der Waals surface area contributed by atoms with Crippen molar-refractivity contribution >= 4 is 23.2 Å². The van der Waals surface area contributed by atoms with E-state index in [1.165, 1.54) is 0 Å². The molecule has 0 amide bonds. The van der Waals surface area contributed by atoms with Crippen LogP contribution >= 0.6 is 12.2 Å². The molecule has 5 nitrogen and oxygen atoms in total. The van der Waals surface area contributed by atoms with Gasteiger partial charge in [0.15, 0.2) is 11.0 Å². The van der Waals surface area contributed by atoms with E-state index in [1.807, 2.05) is 0 Å². The summed E-state index contributed by atoms with van der Waals surface area (Å²) in [5.74, 6) is -0.0600. The van der Waals surface area contributed by atoms with Crippen LogP contribution in [-0.4, -0.2) is 28.7 Å². The number of hydrogen-bond acceptors (Lipinski definition) is 3. The van der Waals surface area contributed by atoms with Gasteiger partial charge in [0.25, 0.3) is 0 Å². The number of hydrogen-bond donors (Lipinski definition) is 5. The number of nitrogens with one attached hydrogen (secondary N) is 2. The molecular weight excluding hydrogens is 176 g/mol. The first-order chi connectivity index (χ1) is 5.54. The maximum absolute atomic E-state index is 8.75. The molecule has 1 atom stereocenters. The molecule has 0 fully saturated rings. The molecule has 0 aliphatic carbocycles. The van der Waals surface area contributed by atoms with Crippen molar-refractivity contribution in [3.8, 4) is 0 Å². The summed E-state index contributed by atoms with van der Waals surface area (Å²) < 4.78 is 0. The second-order valence-corrected chi connectivity index (χ2v) is 2.85. The van der Waals surface area contributed by atoms with Crippen LogP contribution in [0.3, 0.4) is 0 Å². The Morgan fingerprint density at radius 1 is 1.67 bits per heavy atom. The van der Waals surface area contributed by atoms with E-state index in [0.29, 0.717) is 13.0 Å². The number of guanidine groups is 1. The van der Waals surface area contributed by atoms with Crippen molar-refractivity contribution in [2.45, 2.75) is 18.9 Å². The number of nitrogens with two attached hydrogens (primary N) is 2.